The van der Waals surface area contributed by atoms with Crippen LogP contribution < -0.4 is 10.1 Å². The maximum Gasteiger partial charge on any atom is 0.308 e. The molecule has 0 saturated heterocycles. The van der Waals surface area contributed by atoms with Gasteiger partial charge >= 0.3 is 5.97 Å². The minimum atomic E-state index is -0.428. The largest absolute Gasteiger partial charge is 0.427 e. The normalized spacial score (nSPS) is 10.4. The van der Waals surface area contributed by atoms with Crippen molar-refractivity contribution in [2.45, 2.75) is 6.92 Å². The Morgan fingerprint density at radius 1 is 1.18 bits per heavy atom. The van der Waals surface area contributed by atoms with Gasteiger partial charge in [0.1, 0.15) is 5.75 Å². The molecule has 0 fully saturated rings. The molecule has 0 spiro atoms. The Labute approximate surface area is 126 Å². The molecule has 3 rings (SSSR count). The molecule has 0 bridgehead atoms. The molecule has 0 atom stereocenters. The SMILES string of the molecule is CC(=O)Oc1cccc(C(=O)Nc2ccc3cn[nH]c3c2)c1. The first kappa shape index (κ1) is 13.8. The molecule has 2 aromatic carbocycles. The molecule has 0 unspecified atom stereocenters. The Morgan fingerprint density at radius 2 is 2.05 bits per heavy atom. The van der Waals surface area contributed by atoms with Gasteiger partial charge in [-0.2, -0.15) is 5.10 Å². The van der Waals surface area contributed by atoms with E-state index in [0.29, 0.717) is 17.0 Å². The molecule has 1 aromatic heterocycles. The quantitative estimate of drug-likeness (QED) is 0.575. The van der Waals surface area contributed by atoms with E-state index in [1.807, 2.05) is 6.07 Å². The van der Waals surface area contributed by atoms with E-state index < -0.39 is 5.97 Å². The second-order valence-corrected chi connectivity index (χ2v) is 4.75. The summed E-state index contributed by atoms with van der Waals surface area (Å²) in [7, 11) is 0. The number of aromatic amines is 1. The average Bonchev–Trinajstić information content (AvgIpc) is 2.94. The lowest BCUT2D eigenvalue weighted by atomic mass is 10.2. The van der Waals surface area contributed by atoms with Gasteiger partial charge in [-0.3, -0.25) is 14.7 Å². The van der Waals surface area contributed by atoms with E-state index >= 15 is 0 Å². The molecule has 0 saturated carbocycles. The fourth-order valence-electron chi connectivity index (χ4n) is 2.08. The maximum atomic E-state index is 12.2. The second-order valence-electron chi connectivity index (χ2n) is 4.75. The third-order valence-corrected chi connectivity index (χ3v) is 3.06. The van der Waals surface area contributed by atoms with E-state index in [9.17, 15) is 9.59 Å². The van der Waals surface area contributed by atoms with Crippen LogP contribution >= 0.6 is 0 Å². The fourth-order valence-corrected chi connectivity index (χ4v) is 2.08. The third kappa shape index (κ3) is 2.95. The number of carbonyl (C=O) groups excluding carboxylic acids is 2. The van der Waals surface area contributed by atoms with Crippen LogP contribution in [0.3, 0.4) is 0 Å². The summed E-state index contributed by atoms with van der Waals surface area (Å²) in [5.41, 5.74) is 1.90. The van der Waals surface area contributed by atoms with E-state index in [0.717, 1.165) is 10.9 Å². The van der Waals surface area contributed by atoms with Crippen molar-refractivity contribution in [1.82, 2.24) is 10.2 Å². The molecule has 1 amide bonds. The second kappa shape index (κ2) is 5.69. The highest BCUT2D eigenvalue weighted by Gasteiger charge is 2.09. The summed E-state index contributed by atoms with van der Waals surface area (Å²) >= 11 is 0. The monoisotopic (exact) mass is 295 g/mol. The summed E-state index contributed by atoms with van der Waals surface area (Å²) in [5.74, 6) is -0.376. The first-order chi connectivity index (χ1) is 10.6. The Hall–Kier alpha value is -3.15. The highest BCUT2D eigenvalue weighted by atomic mass is 16.5. The highest BCUT2D eigenvalue weighted by molar-refractivity contribution is 6.05. The van der Waals surface area contributed by atoms with E-state index in [1.54, 1.807) is 36.5 Å². The van der Waals surface area contributed by atoms with Crippen molar-refractivity contribution in [1.29, 1.82) is 0 Å². The zero-order valence-electron chi connectivity index (χ0n) is 11.8. The van der Waals surface area contributed by atoms with Crippen LogP contribution in [0.15, 0.2) is 48.7 Å². The van der Waals surface area contributed by atoms with E-state index in [2.05, 4.69) is 15.5 Å². The average molecular weight is 295 g/mol. The molecule has 3 aromatic rings. The highest BCUT2D eigenvalue weighted by Crippen LogP contribution is 2.19. The number of anilines is 1. The molecular weight excluding hydrogens is 282 g/mol. The number of H-pyrrole nitrogens is 1. The van der Waals surface area contributed by atoms with Crippen LogP contribution in [0.5, 0.6) is 5.75 Å². The van der Waals surface area contributed by atoms with Gasteiger partial charge in [0, 0.05) is 23.6 Å². The number of benzene rings is 2. The number of hydrogen-bond acceptors (Lipinski definition) is 4. The van der Waals surface area contributed by atoms with E-state index in [1.165, 1.54) is 13.0 Å². The molecule has 2 N–H and O–H groups in total. The van der Waals surface area contributed by atoms with Gasteiger partial charge in [-0.25, -0.2) is 0 Å². The van der Waals surface area contributed by atoms with Crippen LogP contribution in [0.25, 0.3) is 10.9 Å². The first-order valence-corrected chi connectivity index (χ1v) is 6.65. The molecule has 1 heterocycles. The molecule has 0 aliphatic rings. The molecule has 0 radical (unpaired) electrons. The molecule has 0 aliphatic carbocycles. The number of nitrogens with zero attached hydrogens (tertiary/aromatic N) is 1. The zero-order chi connectivity index (χ0) is 15.5. The van der Waals surface area contributed by atoms with Crippen LogP contribution in [0, 0.1) is 0 Å². The Bertz CT molecular complexity index is 854. The van der Waals surface area contributed by atoms with Crippen LogP contribution in [0.1, 0.15) is 17.3 Å². The minimum Gasteiger partial charge on any atom is -0.427 e. The number of rotatable bonds is 3. The Morgan fingerprint density at radius 3 is 2.86 bits per heavy atom. The van der Waals surface area contributed by atoms with Gasteiger partial charge in [-0.1, -0.05) is 6.07 Å². The maximum absolute atomic E-state index is 12.2. The smallest absolute Gasteiger partial charge is 0.308 e. The van der Waals surface area contributed by atoms with E-state index in [4.69, 9.17) is 4.74 Å². The summed E-state index contributed by atoms with van der Waals surface area (Å²) in [4.78, 5) is 23.2. The Balaban J connectivity index is 1.80. The van der Waals surface area contributed by atoms with Crippen LogP contribution in [-0.4, -0.2) is 22.1 Å². The lowest BCUT2D eigenvalue weighted by molar-refractivity contribution is -0.131. The lowest BCUT2D eigenvalue weighted by Crippen LogP contribution is -2.12. The number of nitrogens with one attached hydrogen (secondary N) is 2. The first-order valence-electron chi connectivity index (χ1n) is 6.65. The number of fused-ring (bicyclic) bond motifs is 1. The topological polar surface area (TPSA) is 84.1 Å². The van der Waals surface area contributed by atoms with Crippen molar-refractivity contribution in [2.24, 2.45) is 0 Å². The molecular formula is C16H13N3O3. The van der Waals surface area contributed by atoms with E-state index in [-0.39, 0.29) is 5.91 Å². The van der Waals surface area contributed by atoms with Crippen molar-refractivity contribution in [3.63, 3.8) is 0 Å². The third-order valence-electron chi connectivity index (χ3n) is 3.06. The number of amides is 1. The molecule has 6 nitrogen and oxygen atoms in total. The Kier molecular flexibility index (Phi) is 3.57. The molecule has 6 heteroatoms. The van der Waals surface area contributed by atoms with Gasteiger partial charge in [0.05, 0.1) is 11.7 Å². The summed E-state index contributed by atoms with van der Waals surface area (Å²) in [6, 6.07) is 11.9. The standard InChI is InChI=1S/C16H13N3O3/c1-10(20)22-14-4-2-3-11(7-14)16(21)18-13-6-5-12-9-17-19-15(12)8-13/h2-9H,1H3,(H,17,19)(H,18,21). The van der Waals surface area contributed by atoms with Crippen molar-refractivity contribution < 1.29 is 14.3 Å². The predicted molar refractivity (Wildman–Crippen MR) is 81.8 cm³/mol. The summed E-state index contributed by atoms with van der Waals surface area (Å²) in [6.45, 7) is 1.31. The van der Waals surface area contributed by atoms with Crippen LogP contribution in [0.2, 0.25) is 0 Å². The number of carbonyl (C=O) groups is 2. The number of hydrogen-bond donors (Lipinski definition) is 2. The molecule has 110 valence electrons. The van der Waals surface area contributed by atoms with Gasteiger partial charge in [-0.15, -0.1) is 0 Å². The summed E-state index contributed by atoms with van der Waals surface area (Å²) in [6.07, 6.45) is 1.71. The van der Waals surface area contributed by atoms with Crippen molar-refractivity contribution in [3.8, 4) is 5.75 Å². The van der Waals surface area contributed by atoms with Crippen molar-refractivity contribution >= 4 is 28.5 Å². The van der Waals surface area contributed by atoms with Gasteiger partial charge < -0.3 is 10.1 Å². The predicted octanol–water partition coefficient (Wildman–Crippen LogP) is 2.74. The summed E-state index contributed by atoms with van der Waals surface area (Å²) < 4.78 is 4.97. The van der Waals surface area contributed by atoms with Crippen molar-refractivity contribution in [2.75, 3.05) is 5.32 Å². The lowest BCUT2D eigenvalue weighted by Gasteiger charge is -2.07. The number of ether oxygens (including phenoxy) is 1. The van der Waals surface area contributed by atoms with Gasteiger partial charge in [0.2, 0.25) is 0 Å². The van der Waals surface area contributed by atoms with Crippen LogP contribution in [0.4, 0.5) is 5.69 Å². The fraction of sp³-hybridized carbons (Fsp3) is 0.0625. The van der Waals surface area contributed by atoms with Crippen molar-refractivity contribution in [3.05, 3.63) is 54.2 Å². The number of aromatic nitrogens is 2. The van der Waals surface area contributed by atoms with Crippen LogP contribution in [-0.2, 0) is 4.79 Å². The summed E-state index contributed by atoms with van der Waals surface area (Å²) in [5, 5.41) is 10.5. The number of esters is 1. The molecule has 22 heavy (non-hydrogen) atoms. The van der Waals surface area contributed by atoms with Gasteiger partial charge in [0.25, 0.3) is 5.91 Å². The van der Waals surface area contributed by atoms with Gasteiger partial charge in [-0.05, 0) is 36.4 Å². The van der Waals surface area contributed by atoms with Gasteiger partial charge in [0.15, 0.2) is 0 Å². The molecule has 0 aliphatic heterocycles. The zero-order valence-corrected chi connectivity index (χ0v) is 11.8. The minimum absolute atomic E-state index is 0.284.